The molecule has 2 aromatic heterocycles. The van der Waals surface area contributed by atoms with Crippen LogP contribution >= 0.6 is 38.6 Å². The Balaban J connectivity index is 1.55. The van der Waals surface area contributed by atoms with Crippen molar-refractivity contribution in [3.05, 3.63) is 27.0 Å². The summed E-state index contributed by atoms with van der Waals surface area (Å²) in [5.74, 6) is 0.0780. The molecule has 1 fully saturated rings. The molecule has 25 heavy (non-hydrogen) atoms. The van der Waals surface area contributed by atoms with Crippen LogP contribution in [0.4, 0.5) is 0 Å². The van der Waals surface area contributed by atoms with Crippen LogP contribution in [0.5, 0.6) is 0 Å². The maximum Gasteiger partial charge on any atom is 0.226 e. The number of thiophene rings is 1. The lowest BCUT2D eigenvalue weighted by Crippen LogP contribution is -2.42. The fraction of sp³-hybridized carbons (Fsp3) is 0.556. The molecule has 1 saturated carbocycles. The minimum absolute atomic E-state index is 0.0780. The summed E-state index contributed by atoms with van der Waals surface area (Å²) in [5.41, 5.74) is 1.10. The lowest BCUT2D eigenvalue weighted by Gasteiger charge is -2.32. The van der Waals surface area contributed by atoms with Gasteiger partial charge in [0.25, 0.3) is 0 Å². The van der Waals surface area contributed by atoms with E-state index in [1.807, 2.05) is 5.38 Å². The molecule has 2 aromatic rings. The molecule has 1 N–H and O–H groups in total. The predicted molar refractivity (Wildman–Crippen MR) is 109 cm³/mol. The van der Waals surface area contributed by atoms with E-state index in [1.54, 1.807) is 22.7 Å². The first-order chi connectivity index (χ1) is 12.0. The fourth-order valence-electron chi connectivity index (χ4n) is 3.63. The van der Waals surface area contributed by atoms with Gasteiger partial charge in [0.05, 0.1) is 17.0 Å². The van der Waals surface area contributed by atoms with Crippen molar-refractivity contribution in [2.24, 2.45) is 5.41 Å². The topological polar surface area (TPSA) is 45.2 Å². The molecule has 2 heterocycles. The third-order valence-electron chi connectivity index (χ3n) is 4.65. The second kappa shape index (κ2) is 8.29. The number of nitrogens with one attached hydrogen (secondary N) is 1. The van der Waals surface area contributed by atoms with Crippen molar-refractivity contribution in [3.63, 3.8) is 0 Å². The zero-order valence-corrected chi connectivity index (χ0v) is 17.9. The molecule has 0 saturated heterocycles. The number of aromatic nitrogens is 1. The van der Waals surface area contributed by atoms with Crippen molar-refractivity contribution in [1.29, 1.82) is 0 Å². The maximum absolute atomic E-state index is 12.4. The standard InChI is InChI=1S/C18H24BrN3OS2/c1-22(2)12-18(5-3-4-6-18)11-20-16(23)8-14-10-25-17(21-14)15-7-13(19)9-24-15/h7,9-10H,3-6,8,11-12H2,1-2H3,(H,20,23). The average molecular weight is 442 g/mol. The van der Waals surface area contributed by atoms with Crippen molar-refractivity contribution in [2.45, 2.75) is 32.1 Å². The van der Waals surface area contributed by atoms with Gasteiger partial charge in [0.1, 0.15) is 5.01 Å². The Morgan fingerprint density at radius 3 is 2.72 bits per heavy atom. The lowest BCUT2D eigenvalue weighted by atomic mass is 9.85. The molecule has 0 radical (unpaired) electrons. The highest BCUT2D eigenvalue weighted by Crippen LogP contribution is 2.38. The first-order valence-corrected chi connectivity index (χ1v) is 11.1. The van der Waals surface area contributed by atoms with Crippen LogP contribution in [-0.2, 0) is 11.2 Å². The van der Waals surface area contributed by atoms with Gasteiger partial charge in [-0.2, -0.15) is 0 Å². The van der Waals surface area contributed by atoms with E-state index in [9.17, 15) is 4.79 Å². The van der Waals surface area contributed by atoms with Crippen molar-refractivity contribution in [2.75, 3.05) is 27.2 Å². The van der Waals surface area contributed by atoms with E-state index in [-0.39, 0.29) is 11.3 Å². The summed E-state index contributed by atoms with van der Waals surface area (Å²) in [4.78, 5) is 20.4. The molecule has 4 nitrogen and oxygen atoms in total. The van der Waals surface area contributed by atoms with E-state index in [4.69, 9.17) is 0 Å². The van der Waals surface area contributed by atoms with Gasteiger partial charge in [-0.1, -0.05) is 12.8 Å². The van der Waals surface area contributed by atoms with Gasteiger partial charge in [-0.3, -0.25) is 4.79 Å². The third kappa shape index (κ3) is 5.12. The molecule has 1 aliphatic rings. The van der Waals surface area contributed by atoms with Gasteiger partial charge in [-0.15, -0.1) is 22.7 Å². The maximum atomic E-state index is 12.4. The highest BCUT2D eigenvalue weighted by Gasteiger charge is 2.34. The van der Waals surface area contributed by atoms with Crippen molar-refractivity contribution in [3.8, 4) is 9.88 Å². The Morgan fingerprint density at radius 2 is 2.08 bits per heavy atom. The summed E-state index contributed by atoms with van der Waals surface area (Å²) in [6.07, 6.45) is 5.32. The summed E-state index contributed by atoms with van der Waals surface area (Å²) in [5, 5.41) is 8.20. The van der Waals surface area contributed by atoms with E-state index in [0.29, 0.717) is 6.42 Å². The molecule has 0 spiro atoms. The molecule has 1 amide bonds. The average Bonchev–Trinajstić information content (AvgIpc) is 3.26. The first kappa shape index (κ1) is 19.0. The lowest BCUT2D eigenvalue weighted by molar-refractivity contribution is -0.121. The van der Waals surface area contributed by atoms with Gasteiger partial charge >= 0.3 is 0 Å². The summed E-state index contributed by atoms with van der Waals surface area (Å²) >= 11 is 6.73. The molecular weight excluding hydrogens is 418 g/mol. The minimum Gasteiger partial charge on any atom is -0.355 e. The second-order valence-corrected chi connectivity index (χ2v) is 9.86. The third-order valence-corrected chi connectivity index (χ3v) is 7.40. The molecule has 0 unspecified atom stereocenters. The SMILES string of the molecule is CN(C)CC1(CNC(=O)Cc2csc(-c3cc(Br)cs3)n2)CCCC1. The number of hydrogen-bond donors (Lipinski definition) is 1. The number of carbonyl (C=O) groups excluding carboxylic acids is 1. The number of amides is 1. The molecule has 136 valence electrons. The zero-order valence-electron chi connectivity index (χ0n) is 14.7. The second-order valence-electron chi connectivity index (χ2n) is 7.17. The van der Waals surface area contributed by atoms with Gasteiger partial charge in [-0.05, 0) is 48.9 Å². The summed E-state index contributed by atoms with van der Waals surface area (Å²) < 4.78 is 1.07. The number of rotatable bonds is 7. The smallest absolute Gasteiger partial charge is 0.226 e. The Morgan fingerprint density at radius 1 is 1.32 bits per heavy atom. The van der Waals surface area contributed by atoms with Crippen LogP contribution in [0.2, 0.25) is 0 Å². The Kier molecular flexibility index (Phi) is 6.30. The van der Waals surface area contributed by atoms with Gasteiger partial charge < -0.3 is 10.2 Å². The van der Waals surface area contributed by atoms with Gasteiger partial charge in [0.15, 0.2) is 0 Å². The highest BCUT2D eigenvalue weighted by molar-refractivity contribution is 9.10. The number of thiazole rings is 1. The summed E-state index contributed by atoms with van der Waals surface area (Å²) in [7, 11) is 4.23. The summed E-state index contributed by atoms with van der Waals surface area (Å²) in [6, 6.07) is 2.07. The number of carbonyl (C=O) groups is 1. The monoisotopic (exact) mass is 441 g/mol. The molecule has 1 aliphatic carbocycles. The quantitative estimate of drug-likeness (QED) is 0.691. The molecular formula is C18H24BrN3OS2. The van der Waals surface area contributed by atoms with Gasteiger partial charge in [-0.25, -0.2) is 4.98 Å². The van der Waals surface area contributed by atoms with E-state index in [2.05, 4.69) is 56.7 Å². The van der Waals surface area contributed by atoms with Crippen LogP contribution < -0.4 is 5.32 Å². The number of hydrogen-bond acceptors (Lipinski definition) is 5. The van der Waals surface area contributed by atoms with Crippen LogP contribution in [-0.4, -0.2) is 43.0 Å². The highest BCUT2D eigenvalue weighted by atomic mass is 79.9. The van der Waals surface area contributed by atoms with E-state index < -0.39 is 0 Å². The van der Waals surface area contributed by atoms with Crippen LogP contribution in [0, 0.1) is 5.41 Å². The Labute approximate surface area is 165 Å². The van der Waals surface area contributed by atoms with Gasteiger partial charge in [0, 0.05) is 33.7 Å². The normalized spacial score (nSPS) is 16.5. The van der Waals surface area contributed by atoms with E-state index in [0.717, 1.165) is 33.1 Å². The van der Waals surface area contributed by atoms with Crippen molar-refractivity contribution in [1.82, 2.24) is 15.2 Å². The predicted octanol–water partition coefficient (Wildman–Crippen LogP) is 4.41. The number of nitrogens with zero attached hydrogens (tertiary/aromatic N) is 2. The van der Waals surface area contributed by atoms with Crippen LogP contribution in [0.15, 0.2) is 21.3 Å². The first-order valence-electron chi connectivity index (χ1n) is 8.56. The minimum atomic E-state index is 0.0780. The summed E-state index contributed by atoms with van der Waals surface area (Å²) in [6.45, 7) is 1.82. The molecule has 0 aromatic carbocycles. The molecule has 0 bridgehead atoms. The van der Waals surface area contributed by atoms with Crippen LogP contribution in [0.25, 0.3) is 9.88 Å². The number of halogens is 1. The van der Waals surface area contributed by atoms with Crippen LogP contribution in [0.1, 0.15) is 31.4 Å². The molecule has 7 heteroatoms. The molecule has 3 rings (SSSR count). The molecule has 0 aliphatic heterocycles. The fourth-order valence-corrected chi connectivity index (χ4v) is 5.95. The van der Waals surface area contributed by atoms with E-state index in [1.165, 1.54) is 25.7 Å². The van der Waals surface area contributed by atoms with Gasteiger partial charge in [0.2, 0.25) is 5.91 Å². The van der Waals surface area contributed by atoms with E-state index >= 15 is 0 Å². The van der Waals surface area contributed by atoms with Crippen molar-refractivity contribution >= 4 is 44.5 Å². The zero-order chi connectivity index (χ0) is 17.9. The Bertz CT molecular complexity index is 719. The van der Waals surface area contributed by atoms with Crippen molar-refractivity contribution < 1.29 is 4.79 Å². The Hall–Kier alpha value is -0.760. The largest absolute Gasteiger partial charge is 0.355 e. The van der Waals surface area contributed by atoms with Crippen LogP contribution in [0.3, 0.4) is 0 Å². The molecule has 0 atom stereocenters.